The maximum absolute atomic E-state index is 13.4. The van der Waals surface area contributed by atoms with Crippen molar-refractivity contribution in [3.63, 3.8) is 0 Å². The van der Waals surface area contributed by atoms with E-state index in [9.17, 15) is 9.59 Å². The third-order valence-corrected chi connectivity index (χ3v) is 5.71. The summed E-state index contributed by atoms with van der Waals surface area (Å²) in [6.45, 7) is 6.87. The van der Waals surface area contributed by atoms with Gasteiger partial charge in [0.2, 0.25) is 5.91 Å². The molecule has 0 atom stereocenters. The molecule has 0 bridgehead atoms. The fraction of sp³-hybridized carbons (Fsp3) is 0.357. The van der Waals surface area contributed by atoms with Gasteiger partial charge in [0.1, 0.15) is 12.3 Å². The molecule has 0 aliphatic rings. The Labute approximate surface area is 197 Å². The van der Waals surface area contributed by atoms with Crippen LogP contribution >= 0.6 is 0 Å². The van der Waals surface area contributed by atoms with Crippen LogP contribution in [0.2, 0.25) is 0 Å². The number of hydrogen-bond donors (Lipinski definition) is 0. The SMILES string of the molecule is CCCCc1ccc(C(=O)N(CC(=O)N(Cc2ccccc2)Cc2ccco2)C(C)C)cc1. The number of carbonyl (C=O) groups is 2. The first-order valence-corrected chi connectivity index (χ1v) is 11.7. The van der Waals surface area contributed by atoms with Crippen molar-refractivity contribution >= 4 is 11.8 Å². The molecular weight excluding hydrogens is 412 g/mol. The van der Waals surface area contributed by atoms with Gasteiger partial charge in [-0.1, -0.05) is 55.8 Å². The number of carbonyl (C=O) groups excluding carboxylic acids is 2. The Morgan fingerprint density at radius 1 is 0.879 bits per heavy atom. The predicted molar refractivity (Wildman–Crippen MR) is 131 cm³/mol. The number of nitrogens with zero attached hydrogens (tertiary/aromatic N) is 2. The summed E-state index contributed by atoms with van der Waals surface area (Å²) in [6.07, 6.45) is 4.89. The average Bonchev–Trinajstić information content (AvgIpc) is 3.34. The zero-order chi connectivity index (χ0) is 23.6. The Morgan fingerprint density at radius 3 is 2.21 bits per heavy atom. The molecule has 3 aromatic rings. The second-order valence-corrected chi connectivity index (χ2v) is 8.64. The summed E-state index contributed by atoms with van der Waals surface area (Å²) < 4.78 is 5.49. The molecule has 174 valence electrons. The molecule has 1 aromatic heterocycles. The first-order valence-electron chi connectivity index (χ1n) is 11.7. The fourth-order valence-corrected chi connectivity index (χ4v) is 3.72. The van der Waals surface area contributed by atoms with E-state index in [-0.39, 0.29) is 24.4 Å². The van der Waals surface area contributed by atoms with E-state index in [4.69, 9.17) is 4.42 Å². The molecule has 0 aliphatic heterocycles. The summed E-state index contributed by atoms with van der Waals surface area (Å²) in [7, 11) is 0. The van der Waals surface area contributed by atoms with Crippen molar-refractivity contribution in [2.24, 2.45) is 0 Å². The Hall–Kier alpha value is -3.34. The largest absolute Gasteiger partial charge is 0.467 e. The predicted octanol–water partition coefficient (Wildman–Crippen LogP) is 5.70. The molecule has 0 radical (unpaired) electrons. The molecular formula is C28H34N2O3. The minimum Gasteiger partial charge on any atom is -0.467 e. The van der Waals surface area contributed by atoms with Crippen LogP contribution in [0.4, 0.5) is 0 Å². The molecule has 33 heavy (non-hydrogen) atoms. The van der Waals surface area contributed by atoms with Gasteiger partial charge in [0.25, 0.3) is 5.91 Å². The lowest BCUT2D eigenvalue weighted by molar-refractivity contribution is -0.133. The number of furan rings is 1. The molecule has 0 aliphatic carbocycles. The van der Waals surface area contributed by atoms with Crippen LogP contribution in [0.15, 0.2) is 77.4 Å². The van der Waals surface area contributed by atoms with Crippen LogP contribution in [0.25, 0.3) is 0 Å². The monoisotopic (exact) mass is 446 g/mol. The molecule has 2 amide bonds. The molecule has 2 aromatic carbocycles. The van der Waals surface area contributed by atoms with Crippen LogP contribution < -0.4 is 0 Å². The van der Waals surface area contributed by atoms with Gasteiger partial charge in [0.05, 0.1) is 12.8 Å². The molecule has 0 spiro atoms. The topological polar surface area (TPSA) is 53.8 Å². The first-order chi connectivity index (χ1) is 16.0. The highest BCUT2D eigenvalue weighted by atomic mass is 16.3. The van der Waals surface area contributed by atoms with Crippen molar-refractivity contribution < 1.29 is 14.0 Å². The highest BCUT2D eigenvalue weighted by Gasteiger charge is 2.25. The van der Waals surface area contributed by atoms with Crippen molar-refractivity contribution in [1.82, 2.24) is 9.80 Å². The van der Waals surface area contributed by atoms with E-state index in [2.05, 4.69) is 6.92 Å². The highest BCUT2D eigenvalue weighted by molar-refractivity contribution is 5.96. The van der Waals surface area contributed by atoms with E-state index in [1.54, 1.807) is 16.1 Å². The van der Waals surface area contributed by atoms with Crippen molar-refractivity contribution in [3.05, 3.63) is 95.4 Å². The number of rotatable bonds is 11. The molecule has 0 N–H and O–H groups in total. The second-order valence-electron chi connectivity index (χ2n) is 8.64. The van der Waals surface area contributed by atoms with Crippen LogP contribution in [0.5, 0.6) is 0 Å². The molecule has 5 heteroatoms. The number of benzene rings is 2. The Balaban J connectivity index is 1.74. The molecule has 3 rings (SSSR count). The average molecular weight is 447 g/mol. The maximum Gasteiger partial charge on any atom is 0.254 e. The minimum absolute atomic E-state index is 0.0155. The van der Waals surface area contributed by atoms with Gasteiger partial charge in [-0.15, -0.1) is 0 Å². The van der Waals surface area contributed by atoms with Crippen molar-refractivity contribution in [2.45, 2.75) is 59.2 Å². The number of unbranched alkanes of at least 4 members (excludes halogenated alkanes) is 1. The van der Waals surface area contributed by atoms with Crippen LogP contribution in [-0.4, -0.2) is 34.2 Å². The summed E-state index contributed by atoms with van der Waals surface area (Å²) in [5.41, 5.74) is 2.87. The Morgan fingerprint density at radius 2 is 1.61 bits per heavy atom. The van der Waals surface area contributed by atoms with Gasteiger partial charge in [-0.25, -0.2) is 0 Å². The van der Waals surface area contributed by atoms with E-state index in [1.165, 1.54) is 5.56 Å². The number of hydrogen-bond acceptors (Lipinski definition) is 3. The van der Waals surface area contributed by atoms with Gasteiger partial charge in [-0.3, -0.25) is 9.59 Å². The third-order valence-electron chi connectivity index (χ3n) is 5.71. The van der Waals surface area contributed by atoms with Gasteiger partial charge in [0, 0.05) is 18.2 Å². The summed E-state index contributed by atoms with van der Waals surface area (Å²) in [5.74, 6) is 0.472. The Kier molecular flexibility index (Phi) is 8.87. The maximum atomic E-state index is 13.4. The lowest BCUT2D eigenvalue weighted by Gasteiger charge is -2.30. The van der Waals surface area contributed by atoms with Gasteiger partial charge in [-0.2, -0.15) is 0 Å². The molecule has 0 saturated carbocycles. The number of amides is 2. The molecule has 0 fully saturated rings. The zero-order valence-corrected chi connectivity index (χ0v) is 19.9. The third kappa shape index (κ3) is 7.07. The van der Waals surface area contributed by atoms with Crippen LogP contribution in [0, 0.1) is 0 Å². The van der Waals surface area contributed by atoms with Crippen molar-refractivity contribution in [2.75, 3.05) is 6.54 Å². The lowest BCUT2D eigenvalue weighted by atomic mass is 10.1. The Bertz CT molecular complexity index is 995. The van der Waals surface area contributed by atoms with Gasteiger partial charge in [0.15, 0.2) is 0 Å². The lowest BCUT2D eigenvalue weighted by Crippen LogP contribution is -2.45. The van der Waals surface area contributed by atoms with E-state index < -0.39 is 0 Å². The van der Waals surface area contributed by atoms with Crippen molar-refractivity contribution in [3.8, 4) is 0 Å². The minimum atomic E-state index is -0.127. The van der Waals surface area contributed by atoms with E-state index >= 15 is 0 Å². The quantitative estimate of drug-likeness (QED) is 0.380. The summed E-state index contributed by atoms with van der Waals surface area (Å²) in [5, 5.41) is 0. The molecule has 0 saturated heterocycles. The molecule has 5 nitrogen and oxygen atoms in total. The second kappa shape index (κ2) is 12.0. The van der Waals surface area contributed by atoms with Crippen molar-refractivity contribution in [1.29, 1.82) is 0 Å². The van der Waals surface area contributed by atoms with Crippen LogP contribution in [-0.2, 0) is 24.3 Å². The summed E-state index contributed by atoms with van der Waals surface area (Å²) in [6, 6.07) is 21.2. The van der Waals surface area contributed by atoms with E-state index in [1.807, 2.05) is 80.6 Å². The fourth-order valence-electron chi connectivity index (χ4n) is 3.72. The first kappa shape index (κ1) is 24.3. The summed E-state index contributed by atoms with van der Waals surface area (Å²) in [4.78, 5) is 30.1. The van der Waals surface area contributed by atoms with E-state index in [0.29, 0.717) is 24.4 Å². The highest BCUT2D eigenvalue weighted by Crippen LogP contribution is 2.15. The number of aryl methyl sites for hydroxylation is 1. The molecule has 1 heterocycles. The smallest absolute Gasteiger partial charge is 0.254 e. The van der Waals surface area contributed by atoms with Gasteiger partial charge >= 0.3 is 0 Å². The summed E-state index contributed by atoms with van der Waals surface area (Å²) >= 11 is 0. The standard InChI is InChI=1S/C28H34N2O3/c1-4-5-10-23-14-16-25(17-15-23)28(32)30(22(2)3)21-27(31)29(20-26-13-9-18-33-26)19-24-11-7-6-8-12-24/h6-9,11-18,22H,4-5,10,19-21H2,1-3H3. The molecule has 0 unspecified atom stereocenters. The normalized spacial score (nSPS) is 10.9. The zero-order valence-electron chi connectivity index (χ0n) is 19.9. The van der Waals surface area contributed by atoms with E-state index in [0.717, 1.165) is 24.8 Å². The van der Waals surface area contributed by atoms with Crippen LogP contribution in [0.3, 0.4) is 0 Å². The van der Waals surface area contributed by atoms with Gasteiger partial charge in [-0.05, 0) is 62.1 Å². The van der Waals surface area contributed by atoms with Crippen LogP contribution in [0.1, 0.15) is 60.9 Å². The van der Waals surface area contributed by atoms with Gasteiger partial charge < -0.3 is 14.2 Å².